The maximum Gasteiger partial charge on any atom is 0.306 e. The van der Waals surface area contributed by atoms with Crippen molar-refractivity contribution in [2.75, 3.05) is 6.61 Å². The van der Waals surface area contributed by atoms with Gasteiger partial charge in [0.15, 0.2) is 0 Å². The molecule has 1 N–H and O–H groups in total. The molecular weight excluding hydrogens is 228 g/mol. The second-order valence-electron chi connectivity index (χ2n) is 5.51. The van der Waals surface area contributed by atoms with Crippen LogP contribution in [0.4, 0.5) is 0 Å². The van der Waals surface area contributed by atoms with Gasteiger partial charge in [0.1, 0.15) is 5.75 Å². The first-order valence-corrected chi connectivity index (χ1v) is 6.41. The molecule has 1 aliphatic carbocycles. The number of carbonyl (C=O) groups excluding carboxylic acids is 1. The zero-order chi connectivity index (χ0) is 13.3. The lowest BCUT2D eigenvalue weighted by Crippen LogP contribution is -2.06. The van der Waals surface area contributed by atoms with Crippen LogP contribution in [-0.2, 0) is 9.53 Å². The summed E-state index contributed by atoms with van der Waals surface area (Å²) >= 11 is 0. The summed E-state index contributed by atoms with van der Waals surface area (Å²) in [6.45, 7) is 6.62. The van der Waals surface area contributed by atoms with Crippen LogP contribution in [0.5, 0.6) is 5.75 Å². The summed E-state index contributed by atoms with van der Waals surface area (Å²) in [5.74, 6) is 0.875. The lowest BCUT2D eigenvalue weighted by molar-refractivity contribution is -0.143. The highest BCUT2D eigenvalue weighted by molar-refractivity contribution is 5.70. The van der Waals surface area contributed by atoms with Crippen LogP contribution in [-0.4, -0.2) is 17.7 Å². The molecule has 98 valence electrons. The lowest BCUT2D eigenvalue weighted by atomic mass is 10.0. The quantitative estimate of drug-likeness (QED) is 0.833. The van der Waals surface area contributed by atoms with Crippen LogP contribution in [0.25, 0.3) is 0 Å². The summed E-state index contributed by atoms with van der Waals surface area (Å²) in [6.07, 6.45) is 0.479. The molecular formula is C15H20O3. The molecule has 0 aliphatic heterocycles. The topological polar surface area (TPSA) is 46.5 Å². The second-order valence-corrected chi connectivity index (χ2v) is 5.51. The molecule has 0 heterocycles. The molecule has 1 saturated carbocycles. The molecule has 1 aromatic rings. The maximum absolute atomic E-state index is 11.6. The molecule has 1 aromatic carbocycles. The summed E-state index contributed by atoms with van der Waals surface area (Å²) in [7, 11) is 0. The van der Waals surface area contributed by atoms with Crippen LogP contribution in [0.3, 0.4) is 0 Å². The molecule has 2 atom stereocenters. The number of ether oxygens (including phenoxy) is 1. The molecule has 2 rings (SSSR count). The van der Waals surface area contributed by atoms with Crippen LogP contribution in [0.1, 0.15) is 38.7 Å². The number of esters is 1. The van der Waals surface area contributed by atoms with Gasteiger partial charge in [-0.1, -0.05) is 26.0 Å². The van der Waals surface area contributed by atoms with E-state index in [1.165, 1.54) is 5.56 Å². The monoisotopic (exact) mass is 248 g/mol. The zero-order valence-corrected chi connectivity index (χ0v) is 11.1. The number of aromatic hydroxyl groups is 1. The Bertz CT molecular complexity index is 434. The average molecular weight is 248 g/mol. The molecule has 1 fully saturated rings. The van der Waals surface area contributed by atoms with Gasteiger partial charge in [0.05, 0.1) is 6.61 Å². The van der Waals surface area contributed by atoms with Gasteiger partial charge in [0.25, 0.3) is 0 Å². The number of hydrogen-bond acceptors (Lipinski definition) is 3. The largest absolute Gasteiger partial charge is 0.508 e. The van der Waals surface area contributed by atoms with Gasteiger partial charge in [-0.3, -0.25) is 4.79 Å². The minimum absolute atomic E-state index is 0.114. The van der Waals surface area contributed by atoms with E-state index in [9.17, 15) is 9.90 Å². The lowest BCUT2D eigenvalue weighted by Gasteiger charge is -2.02. The maximum atomic E-state index is 11.6. The average Bonchev–Trinajstić information content (AvgIpc) is 2.82. The van der Waals surface area contributed by atoms with E-state index < -0.39 is 0 Å². The normalized spacial score (nSPS) is 24.6. The minimum atomic E-state index is -0.114. The fraction of sp³-hybridized carbons (Fsp3) is 0.533. The zero-order valence-electron chi connectivity index (χ0n) is 11.1. The molecule has 0 amide bonds. The fourth-order valence-electron chi connectivity index (χ4n) is 2.87. The standard InChI is InChI=1S/C15H20O3/c1-4-18-13(17)9-12-14(15(12,2)3)10-5-7-11(16)8-6-10/h5-8,12,14,16H,4,9H2,1-3H3. The van der Waals surface area contributed by atoms with Crippen molar-refractivity contribution in [3.8, 4) is 5.75 Å². The first-order valence-electron chi connectivity index (χ1n) is 6.41. The predicted molar refractivity (Wildman–Crippen MR) is 69.4 cm³/mol. The van der Waals surface area contributed by atoms with E-state index in [1.54, 1.807) is 12.1 Å². The molecule has 2 unspecified atom stereocenters. The first-order chi connectivity index (χ1) is 8.46. The summed E-state index contributed by atoms with van der Waals surface area (Å²) < 4.78 is 5.01. The van der Waals surface area contributed by atoms with Gasteiger partial charge in [-0.15, -0.1) is 0 Å². The Kier molecular flexibility index (Phi) is 3.33. The minimum Gasteiger partial charge on any atom is -0.508 e. The van der Waals surface area contributed by atoms with Crippen LogP contribution in [0.2, 0.25) is 0 Å². The van der Waals surface area contributed by atoms with Crippen molar-refractivity contribution < 1.29 is 14.6 Å². The summed E-state index contributed by atoms with van der Waals surface area (Å²) in [5, 5.41) is 9.30. The van der Waals surface area contributed by atoms with Crippen molar-refractivity contribution in [3.63, 3.8) is 0 Å². The van der Waals surface area contributed by atoms with Gasteiger partial charge in [0.2, 0.25) is 0 Å². The van der Waals surface area contributed by atoms with E-state index in [2.05, 4.69) is 13.8 Å². The van der Waals surface area contributed by atoms with Gasteiger partial charge in [0, 0.05) is 6.42 Å². The molecule has 18 heavy (non-hydrogen) atoms. The van der Waals surface area contributed by atoms with Gasteiger partial charge in [-0.05, 0) is 41.9 Å². The molecule has 0 saturated heterocycles. The Morgan fingerprint density at radius 1 is 1.33 bits per heavy atom. The Morgan fingerprint density at radius 2 is 1.94 bits per heavy atom. The molecule has 0 spiro atoms. The van der Waals surface area contributed by atoms with Gasteiger partial charge < -0.3 is 9.84 Å². The smallest absolute Gasteiger partial charge is 0.306 e. The Labute approximate surface area is 108 Å². The molecule has 0 aromatic heterocycles. The molecule has 1 aliphatic rings. The number of carbonyl (C=O) groups is 1. The van der Waals surface area contributed by atoms with Crippen molar-refractivity contribution in [3.05, 3.63) is 29.8 Å². The van der Waals surface area contributed by atoms with Crippen LogP contribution in [0, 0.1) is 11.3 Å². The fourth-order valence-corrected chi connectivity index (χ4v) is 2.87. The van der Waals surface area contributed by atoms with Crippen LogP contribution < -0.4 is 0 Å². The van der Waals surface area contributed by atoms with Gasteiger partial charge >= 0.3 is 5.97 Å². The van der Waals surface area contributed by atoms with Crippen molar-refractivity contribution >= 4 is 5.97 Å². The van der Waals surface area contributed by atoms with Gasteiger partial charge in [-0.2, -0.15) is 0 Å². The molecule has 0 radical (unpaired) electrons. The number of hydrogen-bond donors (Lipinski definition) is 1. The number of phenols is 1. The third kappa shape index (κ3) is 2.35. The number of benzene rings is 1. The number of phenolic OH excluding ortho intramolecular Hbond substituents is 1. The van der Waals surface area contributed by atoms with Crippen LogP contribution >= 0.6 is 0 Å². The van der Waals surface area contributed by atoms with Gasteiger partial charge in [-0.25, -0.2) is 0 Å². The van der Waals surface area contributed by atoms with Crippen molar-refractivity contribution in [2.45, 2.75) is 33.1 Å². The van der Waals surface area contributed by atoms with Crippen LogP contribution in [0.15, 0.2) is 24.3 Å². The van der Waals surface area contributed by atoms with E-state index in [1.807, 2.05) is 19.1 Å². The third-order valence-corrected chi connectivity index (χ3v) is 3.99. The summed E-state index contributed by atoms with van der Waals surface area (Å²) in [5.41, 5.74) is 1.32. The third-order valence-electron chi connectivity index (χ3n) is 3.99. The highest BCUT2D eigenvalue weighted by Crippen LogP contribution is 2.65. The highest BCUT2D eigenvalue weighted by Gasteiger charge is 2.58. The van der Waals surface area contributed by atoms with E-state index in [4.69, 9.17) is 4.74 Å². The van der Waals surface area contributed by atoms with E-state index in [0.29, 0.717) is 24.9 Å². The second kappa shape index (κ2) is 4.63. The molecule has 3 nitrogen and oxygen atoms in total. The van der Waals surface area contributed by atoms with Crippen molar-refractivity contribution in [1.82, 2.24) is 0 Å². The Hall–Kier alpha value is -1.51. The van der Waals surface area contributed by atoms with E-state index in [-0.39, 0.29) is 17.1 Å². The SMILES string of the molecule is CCOC(=O)CC1C(c2ccc(O)cc2)C1(C)C. The first kappa shape index (κ1) is 12.9. The molecule has 3 heteroatoms. The van der Waals surface area contributed by atoms with Crippen molar-refractivity contribution in [2.24, 2.45) is 11.3 Å². The summed E-state index contributed by atoms with van der Waals surface area (Å²) in [6, 6.07) is 7.27. The Balaban J connectivity index is 2.06. The molecule has 0 bridgehead atoms. The van der Waals surface area contributed by atoms with E-state index in [0.717, 1.165) is 0 Å². The summed E-state index contributed by atoms with van der Waals surface area (Å²) in [4.78, 5) is 11.6. The predicted octanol–water partition coefficient (Wildman–Crippen LogP) is 3.09. The Morgan fingerprint density at radius 3 is 2.50 bits per heavy atom. The van der Waals surface area contributed by atoms with E-state index >= 15 is 0 Å². The number of rotatable bonds is 4. The van der Waals surface area contributed by atoms with Crippen molar-refractivity contribution in [1.29, 1.82) is 0 Å². The highest BCUT2D eigenvalue weighted by atomic mass is 16.5.